The molecule has 2 aromatic rings. The van der Waals surface area contributed by atoms with Crippen LogP contribution in [0.25, 0.3) is 0 Å². The van der Waals surface area contributed by atoms with Gasteiger partial charge >= 0.3 is 5.97 Å². The molecule has 0 spiro atoms. The van der Waals surface area contributed by atoms with Crippen LogP contribution in [0.1, 0.15) is 35.5 Å². The molecule has 1 aromatic carbocycles. The molecular weight excluding hydrogens is 396 g/mol. The number of carbonyl (C=O) groups is 2. The molecule has 1 saturated heterocycles. The third kappa shape index (κ3) is 5.56. The third-order valence-electron chi connectivity index (χ3n) is 4.29. The van der Waals surface area contributed by atoms with Crippen molar-refractivity contribution < 1.29 is 19.1 Å². The molecule has 1 aliphatic heterocycles. The van der Waals surface area contributed by atoms with Gasteiger partial charge in [0.05, 0.1) is 17.8 Å². The van der Waals surface area contributed by atoms with Crippen LogP contribution in [-0.4, -0.2) is 53.7 Å². The van der Waals surface area contributed by atoms with Crippen molar-refractivity contribution in [3.05, 3.63) is 46.5 Å². The first kappa shape index (κ1) is 20.8. The number of amides is 1. The Balaban J connectivity index is 1.57. The van der Waals surface area contributed by atoms with E-state index in [4.69, 9.17) is 9.47 Å². The monoisotopic (exact) mass is 420 g/mol. The molecule has 1 fully saturated rings. The van der Waals surface area contributed by atoms with Gasteiger partial charge in [-0.15, -0.1) is 11.3 Å². The van der Waals surface area contributed by atoms with E-state index in [9.17, 15) is 9.59 Å². The average Bonchev–Trinajstić information content (AvgIpc) is 3.09. The molecule has 1 aliphatic rings. The van der Waals surface area contributed by atoms with Crippen molar-refractivity contribution in [3.63, 3.8) is 0 Å². The molecule has 3 rings (SSSR count). The number of hydrogen-bond donors (Lipinski definition) is 0. The lowest BCUT2D eigenvalue weighted by molar-refractivity contribution is -0.146. The molecule has 0 radical (unpaired) electrons. The fourth-order valence-corrected chi connectivity index (χ4v) is 4.91. The summed E-state index contributed by atoms with van der Waals surface area (Å²) in [5.74, 6) is -0.0558. The van der Waals surface area contributed by atoms with Gasteiger partial charge in [0.25, 0.3) is 5.91 Å². The van der Waals surface area contributed by atoms with Crippen LogP contribution >= 0.6 is 23.1 Å². The number of benzene rings is 1. The molecule has 0 saturated carbocycles. The molecule has 2 atom stereocenters. The fraction of sp³-hybridized carbons (Fsp3) is 0.450. The van der Waals surface area contributed by atoms with Crippen molar-refractivity contribution in [2.45, 2.75) is 43.1 Å². The van der Waals surface area contributed by atoms with E-state index in [1.54, 1.807) is 40.1 Å². The van der Waals surface area contributed by atoms with E-state index in [1.165, 1.54) is 0 Å². The van der Waals surface area contributed by atoms with Gasteiger partial charge in [-0.2, -0.15) is 0 Å². The number of esters is 1. The van der Waals surface area contributed by atoms with E-state index in [0.29, 0.717) is 24.4 Å². The smallest absolute Gasteiger partial charge is 0.338 e. The molecule has 150 valence electrons. The van der Waals surface area contributed by atoms with Crippen LogP contribution < -0.4 is 0 Å². The van der Waals surface area contributed by atoms with Gasteiger partial charge in [-0.3, -0.25) is 4.79 Å². The molecule has 8 heteroatoms. The number of hydrogen-bond acceptors (Lipinski definition) is 7. The van der Waals surface area contributed by atoms with E-state index in [2.05, 4.69) is 4.98 Å². The highest BCUT2D eigenvalue weighted by Gasteiger charge is 2.26. The second kappa shape index (κ2) is 9.54. The SMILES string of the molecule is Cc1csc(SCc2ccccc2C(=O)OCC(=O)N2CC(C)OC(C)C2)n1. The van der Waals surface area contributed by atoms with Crippen LogP contribution in [-0.2, 0) is 20.0 Å². The standard InChI is InChI=1S/C20H24N2O4S2/c1-13-11-27-20(21-13)28-12-16-6-4-5-7-17(16)19(24)25-10-18(23)22-8-14(2)26-15(3)9-22/h4-7,11,14-15H,8-10,12H2,1-3H3. The average molecular weight is 421 g/mol. The zero-order chi connectivity index (χ0) is 20.1. The number of carbonyl (C=O) groups excluding carboxylic acids is 2. The Hall–Kier alpha value is -1.90. The van der Waals surface area contributed by atoms with Crippen LogP contribution in [0, 0.1) is 6.92 Å². The van der Waals surface area contributed by atoms with Crippen molar-refractivity contribution in [1.29, 1.82) is 0 Å². The number of ether oxygens (including phenoxy) is 2. The maximum Gasteiger partial charge on any atom is 0.338 e. The van der Waals surface area contributed by atoms with E-state index in [0.717, 1.165) is 15.6 Å². The molecular formula is C20H24N2O4S2. The van der Waals surface area contributed by atoms with E-state index in [-0.39, 0.29) is 24.7 Å². The molecule has 0 aliphatic carbocycles. The summed E-state index contributed by atoms with van der Waals surface area (Å²) in [6, 6.07) is 7.32. The number of aromatic nitrogens is 1. The Morgan fingerprint density at radius 3 is 2.68 bits per heavy atom. The van der Waals surface area contributed by atoms with Gasteiger partial charge in [0.2, 0.25) is 0 Å². The molecule has 0 bridgehead atoms. The number of nitrogens with zero attached hydrogens (tertiary/aromatic N) is 2. The second-order valence-corrected chi connectivity index (χ2v) is 8.91. The molecule has 2 unspecified atom stereocenters. The first-order valence-electron chi connectivity index (χ1n) is 9.15. The largest absolute Gasteiger partial charge is 0.452 e. The summed E-state index contributed by atoms with van der Waals surface area (Å²) in [4.78, 5) is 31.1. The molecule has 1 aromatic heterocycles. The Kier molecular flexibility index (Phi) is 7.09. The van der Waals surface area contributed by atoms with Crippen molar-refractivity contribution in [1.82, 2.24) is 9.88 Å². The van der Waals surface area contributed by atoms with Crippen molar-refractivity contribution in [2.75, 3.05) is 19.7 Å². The van der Waals surface area contributed by atoms with Crippen molar-refractivity contribution in [3.8, 4) is 0 Å². The van der Waals surface area contributed by atoms with Gasteiger partial charge in [-0.25, -0.2) is 9.78 Å². The third-order valence-corrected chi connectivity index (χ3v) is 6.47. The molecule has 6 nitrogen and oxygen atoms in total. The predicted octanol–water partition coefficient (Wildman–Crippen LogP) is 3.54. The second-order valence-electron chi connectivity index (χ2n) is 6.83. The topological polar surface area (TPSA) is 68.7 Å². The molecule has 2 heterocycles. The summed E-state index contributed by atoms with van der Waals surface area (Å²) in [5.41, 5.74) is 2.34. The van der Waals surface area contributed by atoms with Crippen LogP contribution in [0.15, 0.2) is 34.0 Å². The van der Waals surface area contributed by atoms with E-state index >= 15 is 0 Å². The fourth-order valence-electron chi connectivity index (χ4n) is 3.06. The first-order valence-corrected chi connectivity index (χ1v) is 11.0. The Morgan fingerprint density at radius 2 is 2.00 bits per heavy atom. The normalized spacial score (nSPS) is 19.5. The lowest BCUT2D eigenvalue weighted by Gasteiger charge is -2.35. The van der Waals surface area contributed by atoms with E-state index < -0.39 is 5.97 Å². The first-order chi connectivity index (χ1) is 13.4. The predicted molar refractivity (Wildman–Crippen MR) is 110 cm³/mol. The zero-order valence-electron chi connectivity index (χ0n) is 16.2. The van der Waals surface area contributed by atoms with Gasteiger partial charge in [-0.05, 0) is 32.4 Å². The minimum atomic E-state index is -0.478. The lowest BCUT2D eigenvalue weighted by Crippen LogP contribution is -2.49. The molecule has 0 N–H and O–H groups in total. The Morgan fingerprint density at radius 1 is 1.29 bits per heavy atom. The number of morpholine rings is 1. The van der Waals surface area contributed by atoms with Crippen molar-refractivity contribution in [2.24, 2.45) is 0 Å². The Labute approximate surface area is 173 Å². The van der Waals surface area contributed by atoms with Gasteiger partial charge < -0.3 is 14.4 Å². The summed E-state index contributed by atoms with van der Waals surface area (Å²) in [6.45, 7) is 6.59. The van der Waals surface area contributed by atoms with Crippen LogP contribution in [0.5, 0.6) is 0 Å². The number of thioether (sulfide) groups is 1. The summed E-state index contributed by atoms with van der Waals surface area (Å²) in [6.07, 6.45) is -0.0358. The number of rotatable bonds is 6. The Bertz CT molecular complexity index is 829. The number of thiazole rings is 1. The summed E-state index contributed by atoms with van der Waals surface area (Å²) >= 11 is 3.17. The molecule has 28 heavy (non-hydrogen) atoms. The minimum Gasteiger partial charge on any atom is -0.452 e. The highest BCUT2D eigenvalue weighted by atomic mass is 32.2. The van der Waals surface area contributed by atoms with E-state index in [1.807, 2.05) is 38.3 Å². The quantitative estimate of drug-likeness (QED) is 0.526. The van der Waals surface area contributed by atoms with Crippen molar-refractivity contribution >= 4 is 35.0 Å². The highest BCUT2D eigenvalue weighted by molar-refractivity contribution is 8.00. The maximum absolute atomic E-state index is 12.6. The van der Waals surface area contributed by atoms with Crippen LogP contribution in [0.4, 0.5) is 0 Å². The number of aryl methyl sites for hydroxylation is 1. The van der Waals surface area contributed by atoms with Gasteiger partial charge in [0, 0.05) is 29.9 Å². The van der Waals surface area contributed by atoms with Crippen LogP contribution in [0.2, 0.25) is 0 Å². The zero-order valence-corrected chi connectivity index (χ0v) is 17.8. The van der Waals surface area contributed by atoms with Gasteiger partial charge in [0.15, 0.2) is 6.61 Å². The highest BCUT2D eigenvalue weighted by Crippen LogP contribution is 2.27. The summed E-state index contributed by atoms with van der Waals surface area (Å²) in [5, 5.41) is 2.00. The minimum absolute atomic E-state index is 0.0179. The summed E-state index contributed by atoms with van der Waals surface area (Å²) in [7, 11) is 0. The maximum atomic E-state index is 12.6. The lowest BCUT2D eigenvalue weighted by atomic mass is 10.1. The van der Waals surface area contributed by atoms with Gasteiger partial charge in [-0.1, -0.05) is 30.0 Å². The van der Waals surface area contributed by atoms with Gasteiger partial charge in [0.1, 0.15) is 4.34 Å². The van der Waals surface area contributed by atoms with Crippen LogP contribution in [0.3, 0.4) is 0 Å². The molecule has 1 amide bonds. The summed E-state index contributed by atoms with van der Waals surface area (Å²) < 4.78 is 11.9.